The number of fused-ring (bicyclic) bond motifs is 3. The maximum absolute atomic E-state index is 11.8. The lowest BCUT2D eigenvalue weighted by Gasteiger charge is -2.41. The van der Waals surface area contributed by atoms with E-state index in [0.29, 0.717) is 10.7 Å². The Labute approximate surface area is 138 Å². The molecule has 0 radical (unpaired) electrons. The summed E-state index contributed by atoms with van der Waals surface area (Å²) >= 11 is 6.87. The lowest BCUT2D eigenvalue weighted by atomic mass is 9.91. The summed E-state index contributed by atoms with van der Waals surface area (Å²) in [5, 5.41) is 10.8. The minimum absolute atomic E-state index is 0.0165. The van der Waals surface area contributed by atoms with Crippen molar-refractivity contribution in [1.82, 2.24) is 9.88 Å². The number of H-pyrrole nitrogens is 1. The molecule has 0 saturated heterocycles. The number of carboxylic acid groups (broad SMARTS) is 1. The van der Waals surface area contributed by atoms with Gasteiger partial charge < -0.3 is 15.0 Å². The van der Waals surface area contributed by atoms with Gasteiger partial charge >= 0.3 is 5.97 Å². The van der Waals surface area contributed by atoms with Gasteiger partial charge in [0.2, 0.25) is 0 Å². The predicted molar refractivity (Wildman–Crippen MR) is 94.4 cm³/mol. The number of aromatic amines is 1. The highest BCUT2D eigenvalue weighted by molar-refractivity contribution is 8.22. The Morgan fingerprint density at radius 3 is 2.86 bits per heavy atom. The fourth-order valence-corrected chi connectivity index (χ4v) is 4.06. The quantitative estimate of drug-likeness (QED) is 0.822. The highest BCUT2D eigenvalue weighted by atomic mass is 32.2. The molecular weight excluding hydrogens is 316 g/mol. The monoisotopic (exact) mass is 334 g/mol. The molecule has 6 heteroatoms. The van der Waals surface area contributed by atoms with Crippen LogP contribution in [-0.2, 0) is 11.2 Å². The van der Waals surface area contributed by atoms with Crippen molar-refractivity contribution in [1.29, 1.82) is 0 Å². The van der Waals surface area contributed by atoms with E-state index < -0.39 is 12.0 Å². The molecule has 0 bridgehead atoms. The van der Waals surface area contributed by atoms with E-state index in [1.165, 1.54) is 11.8 Å². The SMILES string of the molecule is CC[C@@H]1c2[nH]c3ccccc3c2C[C@@H](C(=O)O)N1C(=S)SC. The molecule has 1 aliphatic heterocycles. The molecule has 116 valence electrons. The number of carbonyl (C=O) groups is 1. The summed E-state index contributed by atoms with van der Waals surface area (Å²) in [6.07, 6.45) is 3.19. The fraction of sp³-hybridized carbons (Fsp3) is 0.375. The number of rotatable bonds is 2. The van der Waals surface area contributed by atoms with Gasteiger partial charge in [0.15, 0.2) is 0 Å². The van der Waals surface area contributed by atoms with Gasteiger partial charge in [0, 0.05) is 23.0 Å². The van der Waals surface area contributed by atoms with Crippen LogP contribution >= 0.6 is 24.0 Å². The zero-order valence-electron chi connectivity index (χ0n) is 12.5. The van der Waals surface area contributed by atoms with E-state index in [9.17, 15) is 9.90 Å². The zero-order chi connectivity index (χ0) is 15.9. The van der Waals surface area contributed by atoms with Crippen molar-refractivity contribution in [3.8, 4) is 0 Å². The second-order valence-corrected chi connectivity index (χ2v) is 6.86. The molecule has 0 amide bonds. The third-order valence-electron chi connectivity index (χ3n) is 4.31. The van der Waals surface area contributed by atoms with E-state index in [0.717, 1.165) is 28.6 Å². The lowest BCUT2D eigenvalue weighted by molar-refractivity contribution is -0.142. The Kier molecular flexibility index (Phi) is 4.14. The van der Waals surface area contributed by atoms with Crippen molar-refractivity contribution in [3.63, 3.8) is 0 Å². The van der Waals surface area contributed by atoms with E-state index in [2.05, 4.69) is 18.0 Å². The van der Waals surface area contributed by atoms with E-state index in [1.807, 2.05) is 29.4 Å². The molecule has 0 unspecified atom stereocenters. The van der Waals surface area contributed by atoms with Gasteiger partial charge in [0.25, 0.3) is 0 Å². The van der Waals surface area contributed by atoms with E-state index >= 15 is 0 Å². The van der Waals surface area contributed by atoms with Crippen LogP contribution in [-0.4, -0.2) is 37.6 Å². The standard InChI is InChI=1S/C16H18N2O2S2/c1-3-12-14-10(9-6-4-5-7-11(9)17-14)8-13(15(19)20)18(12)16(21)22-2/h4-7,12-13,17H,3,8H2,1-2H3,(H,19,20)/t12-,13+/m1/s1. The molecule has 0 spiro atoms. The van der Waals surface area contributed by atoms with Crippen molar-refractivity contribution < 1.29 is 9.90 Å². The van der Waals surface area contributed by atoms with Gasteiger partial charge in [-0.05, 0) is 24.3 Å². The lowest BCUT2D eigenvalue weighted by Crippen LogP contribution is -2.49. The summed E-state index contributed by atoms with van der Waals surface area (Å²) in [7, 11) is 0. The Bertz CT molecular complexity index is 741. The Hall–Kier alpha value is -1.53. The minimum Gasteiger partial charge on any atom is -0.480 e. The number of aliphatic carboxylic acids is 1. The van der Waals surface area contributed by atoms with Crippen LogP contribution in [0.15, 0.2) is 24.3 Å². The van der Waals surface area contributed by atoms with Crippen LogP contribution in [0.25, 0.3) is 10.9 Å². The number of hydrogen-bond acceptors (Lipinski definition) is 3. The zero-order valence-corrected chi connectivity index (χ0v) is 14.1. The van der Waals surface area contributed by atoms with Crippen LogP contribution in [0.1, 0.15) is 30.6 Å². The fourth-order valence-electron chi connectivity index (χ4n) is 3.34. The highest BCUT2D eigenvalue weighted by Crippen LogP contribution is 2.40. The van der Waals surface area contributed by atoms with Gasteiger partial charge in [0.05, 0.1) is 6.04 Å². The van der Waals surface area contributed by atoms with E-state index in [1.54, 1.807) is 0 Å². The Balaban J connectivity index is 2.19. The summed E-state index contributed by atoms with van der Waals surface area (Å²) in [6, 6.07) is 7.46. The number of nitrogens with one attached hydrogen (secondary N) is 1. The number of hydrogen-bond donors (Lipinski definition) is 2. The molecule has 4 nitrogen and oxygen atoms in total. The molecule has 0 aliphatic carbocycles. The van der Waals surface area contributed by atoms with Crippen molar-refractivity contribution in [2.45, 2.75) is 31.8 Å². The summed E-state index contributed by atoms with van der Waals surface area (Å²) in [6.45, 7) is 2.07. The van der Waals surface area contributed by atoms with Crippen LogP contribution in [0.2, 0.25) is 0 Å². The molecule has 0 fully saturated rings. The molecule has 2 heterocycles. The number of thioether (sulfide) groups is 1. The topological polar surface area (TPSA) is 56.3 Å². The van der Waals surface area contributed by atoms with Gasteiger partial charge in [-0.25, -0.2) is 4.79 Å². The molecule has 2 aromatic rings. The molecular formula is C16H18N2O2S2. The summed E-state index contributed by atoms with van der Waals surface area (Å²) in [4.78, 5) is 17.2. The highest BCUT2D eigenvalue weighted by Gasteiger charge is 2.40. The van der Waals surface area contributed by atoms with E-state index in [4.69, 9.17) is 12.2 Å². The van der Waals surface area contributed by atoms with E-state index in [-0.39, 0.29) is 6.04 Å². The number of carboxylic acids is 1. The van der Waals surface area contributed by atoms with Gasteiger partial charge in [-0.3, -0.25) is 0 Å². The maximum atomic E-state index is 11.8. The normalized spacial score (nSPS) is 20.9. The average molecular weight is 334 g/mol. The molecule has 2 N–H and O–H groups in total. The van der Waals surface area contributed by atoms with Crippen LogP contribution in [0.3, 0.4) is 0 Å². The smallest absolute Gasteiger partial charge is 0.326 e. The van der Waals surface area contributed by atoms with Gasteiger partial charge in [0.1, 0.15) is 10.4 Å². The average Bonchev–Trinajstić information content (AvgIpc) is 2.90. The molecule has 1 aliphatic rings. The maximum Gasteiger partial charge on any atom is 0.326 e. The molecule has 0 saturated carbocycles. The largest absolute Gasteiger partial charge is 0.480 e. The second kappa shape index (κ2) is 5.93. The van der Waals surface area contributed by atoms with Crippen LogP contribution in [0.4, 0.5) is 0 Å². The molecule has 1 aromatic carbocycles. The first-order chi connectivity index (χ1) is 10.6. The third-order valence-corrected chi connectivity index (χ3v) is 5.58. The predicted octanol–water partition coefficient (Wildman–Crippen LogP) is 3.58. The van der Waals surface area contributed by atoms with Gasteiger partial charge in [-0.2, -0.15) is 0 Å². The summed E-state index contributed by atoms with van der Waals surface area (Å²) in [5.41, 5.74) is 3.29. The Morgan fingerprint density at radius 2 is 2.23 bits per heavy atom. The number of benzene rings is 1. The molecule has 22 heavy (non-hydrogen) atoms. The second-order valence-electron chi connectivity index (χ2n) is 5.42. The number of aromatic nitrogens is 1. The molecule has 3 rings (SSSR count). The first-order valence-electron chi connectivity index (χ1n) is 7.27. The first kappa shape index (κ1) is 15.4. The van der Waals surface area contributed by atoms with Crippen molar-refractivity contribution in [3.05, 3.63) is 35.5 Å². The summed E-state index contributed by atoms with van der Waals surface area (Å²) in [5.74, 6) is -0.814. The third kappa shape index (κ3) is 2.30. The van der Waals surface area contributed by atoms with Crippen LogP contribution in [0.5, 0.6) is 0 Å². The number of thiocarbonyl (C=S) groups is 1. The number of para-hydroxylation sites is 1. The minimum atomic E-state index is -0.814. The summed E-state index contributed by atoms with van der Waals surface area (Å²) < 4.78 is 0.642. The van der Waals surface area contributed by atoms with Gasteiger partial charge in [-0.1, -0.05) is 37.3 Å². The molecule has 2 atom stereocenters. The number of nitrogens with zero attached hydrogens (tertiary/aromatic N) is 1. The van der Waals surface area contributed by atoms with Crippen LogP contribution in [0, 0.1) is 0 Å². The Morgan fingerprint density at radius 1 is 1.50 bits per heavy atom. The van der Waals surface area contributed by atoms with Crippen molar-refractivity contribution in [2.24, 2.45) is 0 Å². The first-order valence-corrected chi connectivity index (χ1v) is 8.90. The van der Waals surface area contributed by atoms with Crippen molar-refractivity contribution >= 4 is 45.2 Å². The van der Waals surface area contributed by atoms with Crippen LogP contribution < -0.4 is 0 Å². The molecule has 1 aromatic heterocycles. The van der Waals surface area contributed by atoms with Crippen molar-refractivity contribution in [2.75, 3.05) is 6.26 Å². The van der Waals surface area contributed by atoms with Gasteiger partial charge in [-0.15, -0.1) is 11.8 Å².